The standard InChI is InChI=1S/C23H28N2O3/c1-15-11-12-25(16(2)17-7-5-4-6-8-17)23(27)20(15)22(26)24-13-18-9-10-19(14-24)21(18)28-3/h4-8,11-12,16,18-19,21H,9-10,13-14H2,1-3H3/t16?,18-,19+,21?. The van der Waals surface area contributed by atoms with Crippen molar-refractivity contribution in [3.05, 3.63) is 69.6 Å². The molecule has 1 aromatic heterocycles. The molecule has 2 bridgehead atoms. The fourth-order valence-corrected chi connectivity index (χ4v) is 4.98. The van der Waals surface area contributed by atoms with E-state index in [4.69, 9.17) is 4.74 Å². The van der Waals surface area contributed by atoms with E-state index in [2.05, 4.69) is 0 Å². The second-order valence-electron chi connectivity index (χ2n) is 8.18. The van der Waals surface area contributed by atoms with E-state index in [1.807, 2.05) is 55.1 Å². The summed E-state index contributed by atoms with van der Waals surface area (Å²) in [5.41, 5.74) is 1.89. The average Bonchev–Trinajstić information content (AvgIpc) is 2.95. The first-order valence-corrected chi connectivity index (χ1v) is 10.1. The number of nitrogens with zero attached hydrogens (tertiary/aromatic N) is 2. The van der Waals surface area contributed by atoms with E-state index in [1.54, 1.807) is 17.9 Å². The third-order valence-electron chi connectivity index (χ3n) is 6.55. The maximum atomic E-state index is 13.3. The minimum Gasteiger partial charge on any atom is -0.381 e. The maximum Gasteiger partial charge on any atom is 0.264 e. The summed E-state index contributed by atoms with van der Waals surface area (Å²) in [6.07, 6.45) is 4.23. The molecule has 0 radical (unpaired) electrons. The number of pyridine rings is 1. The molecule has 148 valence electrons. The predicted octanol–water partition coefficient (Wildman–Crippen LogP) is 3.26. The van der Waals surface area contributed by atoms with Gasteiger partial charge in [-0.2, -0.15) is 0 Å². The Balaban J connectivity index is 1.65. The van der Waals surface area contributed by atoms with Gasteiger partial charge in [0, 0.05) is 38.2 Å². The van der Waals surface area contributed by atoms with Gasteiger partial charge in [0.2, 0.25) is 0 Å². The number of ether oxygens (including phenoxy) is 1. The van der Waals surface area contributed by atoms with Crippen molar-refractivity contribution in [3.63, 3.8) is 0 Å². The zero-order valence-corrected chi connectivity index (χ0v) is 16.8. The highest BCUT2D eigenvalue weighted by Crippen LogP contribution is 2.39. The number of aryl methyl sites for hydroxylation is 1. The molecule has 0 N–H and O–H groups in total. The first kappa shape index (κ1) is 18.9. The molecule has 1 amide bonds. The molecule has 1 aliphatic carbocycles. The molecular formula is C23H28N2O3. The van der Waals surface area contributed by atoms with E-state index in [-0.39, 0.29) is 23.6 Å². The number of likely N-dealkylation sites (tertiary alicyclic amines) is 1. The van der Waals surface area contributed by atoms with Crippen LogP contribution in [0.2, 0.25) is 0 Å². The number of aromatic nitrogens is 1. The van der Waals surface area contributed by atoms with Crippen molar-refractivity contribution in [3.8, 4) is 0 Å². The van der Waals surface area contributed by atoms with Gasteiger partial charge in [0.1, 0.15) is 5.56 Å². The molecule has 5 nitrogen and oxygen atoms in total. The molecule has 28 heavy (non-hydrogen) atoms. The molecular weight excluding hydrogens is 352 g/mol. The van der Waals surface area contributed by atoms with Gasteiger partial charge >= 0.3 is 0 Å². The molecule has 2 heterocycles. The van der Waals surface area contributed by atoms with Gasteiger partial charge < -0.3 is 14.2 Å². The largest absolute Gasteiger partial charge is 0.381 e. The number of fused-ring (bicyclic) bond motifs is 2. The Labute approximate surface area is 165 Å². The van der Waals surface area contributed by atoms with Crippen LogP contribution < -0.4 is 5.56 Å². The Morgan fingerprint density at radius 1 is 1.11 bits per heavy atom. The van der Waals surface area contributed by atoms with E-state index < -0.39 is 0 Å². The number of rotatable bonds is 4. The summed E-state index contributed by atoms with van der Waals surface area (Å²) in [5.74, 6) is 0.618. The van der Waals surface area contributed by atoms with Crippen LogP contribution in [0, 0.1) is 18.8 Å². The van der Waals surface area contributed by atoms with Gasteiger partial charge in [-0.3, -0.25) is 9.59 Å². The first-order chi connectivity index (χ1) is 13.5. The summed E-state index contributed by atoms with van der Waals surface area (Å²) in [6.45, 7) is 5.19. The van der Waals surface area contributed by atoms with E-state index in [9.17, 15) is 9.59 Å². The average molecular weight is 380 g/mol. The number of carbonyl (C=O) groups is 1. The van der Waals surface area contributed by atoms with Gasteiger partial charge in [0.05, 0.1) is 12.1 Å². The van der Waals surface area contributed by atoms with Crippen LogP contribution in [0.1, 0.15) is 47.3 Å². The Morgan fingerprint density at radius 2 is 1.75 bits per heavy atom. The lowest BCUT2D eigenvalue weighted by atomic mass is 9.94. The number of benzene rings is 1. The molecule has 4 rings (SSSR count). The monoisotopic (exact) mass is 380 g/mol. The lowest BCUT2D eigenvalue weighted by Crippen LogP contribution is -2.49. The van der Waals surface area contributed by atoms with Crippen LogP contribution in [0.5, 0.6) is 0 Å². The number of piperidine rings is 1. The van der Waals surface area contributed by atoms with Crippen molar-refractivity contribution in [1.82, 2.24) is 9.47 Å². The molecule has 1 aromatic carbocycles. The molecule has 1 saturated carbocycles. The number of methoxy groups -OCH3 is 1. The SMILES string of the molecule is COC1[C@@H]2CC[C@H]1CN(C(=O)c1c(C)ccn(C(C)c3ccccc3)c1=O)C2. The van der Waals surface area contributed by atoms with E-state index >= 15 is 0 Å². The molecule has 1 aliphatic heterocycles. The van der Waals surface area contributed by atoms with Crippen molar-refractivity contribution in [2.75, 3.05) is 20.2 Å². The number of carbonyl (C=O) groups excluding carboxylic acids is 1. The maximum absolute atomic E-state index is 13.3. The number of hydrogen-bond acceptors (Lipinski definition) is 3. The van der Waals surface area contributed by atoms with Crippen LogP contribution in [0.15, 0.2) is 47.4 Å². The van der Waals surface area contributed by atoms with Crippen LogP contribution in [0.25, 0.3) is 0 Å². The number of hydrogen-bond donors (Lipinski definition) is 0. The van der Waals surface area contributed by atoms with Crippen LogP contribution >= 0.6 is 0 Å². The Kier molecular flexibility index (Phi) is 5.11. The van der Waals surface area contributed by atoms with Gasteiger partial charge in [0.15, 0.2) is 0 Å². The fraction of sp³-hybridized carbons (Fsp3) is 0.478. The van der Waals surface area contributed by atoms with Crippen LogP contribution in [0.3, 0.4) is 0 Å². The topological polar surface area (TPSA) is 51.5 Å². The van der Waals surface area contributed by atoms with Gasteiger partial charge in [-0.25, -0.2) is 0 Å². The summed E-state index contributed by atoms with van der Waals surface area (Å²) in [6, 6.07) is 11.7. The van der Waals surface area contributed by atoms with Crippen molar-refractivity contribution >= 4 is 5.91 Å². The third kappa shape index (κ3) is 3.18. The third-order valence-corrected chi connectivity index (χ3v) is 6.55. The van der Waals surface area contributed by atoms with E-state index in [0.717, 1.165) is 24.0 Å². The zero-order chi connectivity index (χ0) is 19.8. The van der Waals surface area contributed by atoms with Gasteiger partial charge in [-0.05, 0) is 43.9 Å². The summed E-state index contributed by atoms with van der Waals surface area (Å²) in [4.78, 5) is 28.5. The highest BCUT2D eigenvalue weighted by atomic mass is 16.5. The molecule has 2 aliphatic rings. The Hall–Kier alpha value is -2.40. The minimum absolute atomic E-state index is 0.128. The molecule has 2 unspecified atom stereocenters. The van der Waals surface area contributed by atoms with E-state index in [1.165, 1.54) is 0 Å². The summed E-state index contributed by atoms with van der Waals surface area (Å²) >= 11 is 0. The predicted molar refractivity (Wildman–Crippen MR) is 109 cm³/mol. The lowest BCUT2D eigenvalue weighted by molar-refractivity contribution is -0.0114. The summed E-state index contributed by atoms with van der Waals surface area (Å²) in [7, 11) is 1.76. The second-order valence-corrected chi connectivity index (χ2v) is 8.18. The zero-order valence-electron chi connectivity index (χ0n) is 16.8. The summed E-state index contributed by atoms with van der Waals surface area (Å²) in [5, 5.41) is 0. The van der Waals surface area contributed by atoms with Crippen molar-refractivity contribution in [2.24, 2.45) is 11.8 Å². The minimum atomic E-state index is -0.206. The van der Waals surface area contributed by atoms with Crippen molar-refractivity contribution in [2.45, 2.75) is 38.8 Å². The van der Waals surface area contributed by atoms with Crippen molar-refractivity contribution in [1.29, 1.82) is 0 Å². The lowest BCUT2D eigenvalue weighted by Gasteiger charge is -2.37. The van der Waals surface area contributed by atoms with Gasteiger partial charge in [-0.15, -0.1) is 0 Å². The fourth-order valence-electron chi connectivity index (χ4n) is 4.98. The molecule has 5 heteroatoms. The molecule has 4 atom stereocenters. The Bertz CT molecular complexity index is 907. The first-order valence-electron chi connectivity index (χ1n) is 10.1. The molecule has 2 aromatic rings. The van der Waals surface area contributed by atoms with Crippen molar-refractivity contribution < 1.29 is 9.53 Å². The molecule has 0 spiro atoms. The highest BCUT2D eigenvalue weighted by Gasteiger charge is 2.44. The van der Waals surface area contributed by atoms with Crippen LogP contribution in [-0.4, -0.2) is 41.7 Å². The van der Waals surface area contributed by atoms with Crippen LogP contribution in [0.4, 0.5) is 0 Å². The Morgan fingerprint density at radius 3 is 2.36 bits per heavy atom. The molecule has 1 saturated heterocycles. The van der Waals surface area contributed by atoms with E-state index in [0.29, 0.717) is 30.5 Å². The molecule has 2 fully saturated rings. The second kappa shape index (κ2) is 7.55. The van der Waals surface area contributed by atoms with Crippen LogP contribution in [-0.2, 0) is 4.74 Å². The summed E-state index contributed by atoms with van der Waals surface area (Å²) < 4.78 is 7.33. The normalized spacial score (nSPS) is 25.0. The highest BCUT2D eigenvalue weighted by molar-refractivity contribution is 5.95. The smallest absolute Gasteiger partial charge is 0.264 e. The quantitative estimate of drug-likeness (QED) is 0.818. The number of amides is 1. The van der Waals surface area contributed by atoms with Gasteiger partial charge in [-0.1, -0.05) is 30.3 Å². The van der Waals surface area contributed by atoms with Gasteiger partial charge in [0.25, 0.3) is 11.5 Å².